The van der Waals surface area contributed by atoms with E-state index in [1.807, 2.05) is 0 Å². The van der Waals surface area contributed by atoms with Crippen molar-refractivity contribution in [2.75, 3.05) is 0 Å². The Morgan fingerprint density at radius 3 is 3.00 bits per heavy atom. The summed E-state index contributed by atoms with van der Waals surface area (Å²) in [7, 11) is 0. The maximum Gasteiger partial charge on any atom is 0.150 e. The lowest BCUT2D eigenvalue weighted by Gasteiger charge is -1.94. The predicted octanol–water partition coefficient (Wildman–Crippen LogP) is 3.40. The fourth-order valence-electron chi connectivity index (χ4n) is 1.03. The summed E-state index contributed by atoms with van der Waals surface area (Å²) in [5.41, 5.74) is 0.628. The van der Waals surface area contributed by atoms with Crippen molar-refractivity contribution in [1.29, 1.82) is 0 Å². The van der Waals surface area contributed by atoms with Gasteiger partial charge in [0.15, 0.2) is 5.15 Å². The third-order valence-corrected chi connectivity index (χ3v) is 2.90. The van der Waals surface area contributed by atoms with Gasteiger partial charge in [-0.1, -0.05) is 11.6 Å². The van der Waals surface area contributed by atoms with Crippen molar-refractivity contribution in [2.45, 2.75) is 6.92 Å². The monoisotopic (exact) mass is 201 g/mol. The van der Waals surface area contributed by atoms with Gasteiger partial charge < -0.3 is 0 Å². The van der Waals surface area contributed by atoms with Gasteiger partial charge >= 0.3 is 0 Å². The number of aromatic nitrogens is 1. The van der Waals surface area contributed by atoms with Crippen LogP contribution >= 0.6 is 23.1 Å². The van der Waals surface area contributed by atoms with Gasteiger partial charge in [-0.25, -0.2) is 4.39 Å². The van der Waals surface area contributed by atoms with Gasteiger partial charge in [0.05, 0.1) is 4.70 Å². The maximum atomic E-state index is 13.0. The Balaban J connectivity index is 2.87. The van der Waals surface area contributed by atoms with Crippen LogP contribution in [0.5, 0.6) is 0 Å². The van der Waals surface area contributed by atoms with Crippen molar-refractivity contribution >= 4 is 33.2 Å². The van der Waals surface area contributed by atoms with Crippen molar-refractivity contribution in [3.05, 3.63) is 28.7 Å². The summed E-state index contributed by atoms with van der Waals surface area (Å²) < 4.78 is 17.9. The summed E-state index contributed by atoms with van der Waals surface area (Å²) in [6.07, 6.45) is 0. The Morgan fingerprint density at radius 1 is 1.50 bits per heavy atom. The van der Waals surface area contributed by atoms with Crippen LogP contribution in [0.25, 0.3) is 10.1 Å². The summed E-state index contributed by atoms with van der Waals surface area (Å²) in [5.74, 6) is -0.232. The number of hydrogen-bond acceptors (Lipinski definition) is 2. The van der Waals surface area contributed by atoms with Gasteiger partial charge in [-0.2, -0.15) is 4.37 Å². The summed E-state index contributed by atoms with van der Waals surface area (Å²) in [5, 5.41) is 1.08. The van der Waals surface area contributed by atoms with Crippen LogP contribution in [0.2, 0.25) is 5.15 Å². The van der Waals surface area contributed by atoms with Gasteiger partial charge in [-0.05, 0) is 36.2 Å². The second-order valence-electron chi connectivity index (χ2n) is 2.57. The fraction of sp³-hybridized carbons (Fsp3) is 0.125. The first kappa shape index (κ1) is 7.95. The molecule has 4 heteroatoms. The lowest BCUT2D eigenvalue weighted by atomic mass is 10.2. The molecule has 0 bridgehead atoms. The Hall–Kier alpha value is -0.670. The zero-order chi connectivity index (χ0) is 8.72. The molecule has 0 atom stereocenters. The van der Waals surface area contributed by atoms with Crippen LogP contribution in [0.4, 0.5) is 4.39 Å². The highest BCUT2D eigenvalue weighted by atomic mass is 35.5. The van der Waals surface area contributed by atoms with E-state index in [1.165, 1.54) is 17.6 Å². The number of aryl methyl sites for hydroxylation is 1. The molecule has 0 spiro atoms. The molecule has 0 aliphatic carbocycles. The van der Waals surface area contributed by atoms with Gasteiger partial charge in [-0.15, -0.1) is 0 Å². The van der Waals surface area contributed by atoms with Crippen LogP contribution < -0.4 is 0 Å². The third-order valence-electron chi connectivity index (χ3n) is 1.71. The highest BCUT2D eigenvalue weighted by Crippen LogP contribution is 2.28. The van der Waals surface area contributed by atoms with Crippen LogP contribution in [0.1, 0.15) is 5.56 Å². The van der Waals surface area contributed by atoms with Crippen molar-refractivity contribution < 1.29 is 4.39 Å². The average molecular weight is 202 g/mol. The molecule has 12 heavy (non-hydrogen) atoms. The molecule has 0 aliphatic rings. The second kappa shape index (κ2) is 2.68. The number of rotatable bonds is 0. The Kier molecular flexibility index (Phi) is 1.77. The van der Waals surface area contributed by atoms with Crippen molar-refractivity contribution in [1.82, 2.24) is 4.37 Å². The fourth-order valence-corrected chi connectivity index (χ4v) is 2.11. The van der Waals surface area contributed by atoms with E-state index in [2.05, 4.69) is 4.37 Å². The first-order valence-corrected chi connectivity index (χ1v) is 4.54. The van der Waals surface area contributed by atoms with E-state index >= 15 is 0 Å². The van der Waals surface area contributed by atoms with E-state index in [9.17, 15) is 4.39 Å². The highest BCUT2D eigenvalue weighted by Gasteiger charge is 2.06. The summed E-state index contributed by atoms with van der Waals surface area (Å²) in [6, 6.07) is 3.19. The van der Waals surface area contributed by atoms with Crippen LogP contribution in [0.3, 0.4) is 0 Å². The molecule has 0 radical (unpaired) electrons. The smallest absolute Gasteiger partial charge is 0.150 e. The molecule has 2 aromatic rings. The van der Waals surface area contributed by atoms with Gasteiger partial charge in [-0.3, -0.25) is 0 Å². The standard InChI is InChI=1S/C8H5ClFNS/c1-4-2-7-5(3-6(4)10)8(9)11-12-7/h2-3H,1H3. The minimum atomic E-state index is -0.232. The predicted molar refractivity (Wildman–Crippen MR) is 49.3 cm³/mol. The van der Waals surface area contributed by atoms with Gasteiger partial charge in [0.1, 0.15) is 5.82 Å². The van der Waals surface area contributed by atoms with E-state index < -0.39 is 0 Å². The number of hydrogen-bond donors (Lipinski definition) is 0. The van der Waals surface area contributed by atoms with E-state index in [4.69, 9.17) is 11.6 Å². The second-order valence-corrected chi connectivity index (χ2v) is 3.73. The first-order valence-electron chi connectivity index (χ1n) is 3.39. The number of halogens is 2. The molecule has 0 aliphatic heterocycles. The highest BCUT2D eigenvalue weighted by molar-refractivity contribution is 7.13. The molecule has 0 unspecified atom stereocenters. The maximum absolute atomic E-state index is 13.0. The molecule has 0 saturated carbocycles. The molecule has 1 heterocycles. The van der Waals surface area contributed by atoms with Crippen LogP contribution in [-0.4, -0.2) is 4.37 Å². The molecular weight excluding hydrogens is 197 g/mol. The largest absolute Gasteiger partial charge is 0.207 e. The first-order chi connectivity index (χ1) is 5.68. The van der Waals surface area contributed by atoms with E-state index in [1.54, 1.807) is 13.0 Å². The molecule has 1 aromatic carbocycles. The summed E-state index contributed by atoms with van der Waals surface area (Å²) >= 11 is 7.02. The van der Waals surface area contributed by atoms with Gasteiger partial charge in [0.2, 0.25) is 0 Å². The van der Waals surface area contributed by atoms with Crippen LogP contribution in [0, 0.1) is 12.7 Å². The molecule has 62 valence electrons. The molecule has 0 fully saturated rings. The Labute approximate surface area is 77.9 Å². The third kappa shape index (κ3) is 1.09. The van der Waals surface area contributed by atoms with E-state index in [0.29, 0.717) is 16.1 Å². The van der Waals surface area contributed by atoms with Crippen LogP contribution in [-0.2, 0) is 0 Å². The lowest BCUT2D eigenvalue weighted by Crippen LogP contribution is -1.79. The quantitative estimate of drug-likeness (QED) is 0.637. The number of benzene rings is 1. The molecular formula is C8H5ClFNS. The van der Waals surface area contributed by atoms with Gasteiger partial charge in [0.25, 0.3) is 0 Å². The SMILES string of the molecule is Cc1cc2snc(Cl)c2cc1F. The minimum absolute atomic E-state index is 0.232. The van der Waals surface area contributed by atoms with E-state index in [0.717, 1.165) is 4.70 Å². The van der Waals surface area contributed by atoms with Crippen LogP contribution in [0.15, 0.2) is 12.1 Å². The van der Waals surface area contributed by atoms with E-state index in [-0.39, 0.29) is 5.82 Å². The average Bonchev–Trinajstić information content (AvgIpc) is 2.35. The normalized spacial score (nSPS) is 10.9. The Bertz CT molecular complexity index is 438. The van der Waals surface area contributed by atoms with Crippen molar-refractivity contribution in [3.63, 3.8) is 0 Å². The molecule has 0 N–H and O–H groups in total. The summed E-state index contributed by atoms with van der Waals surface area (Å²) in [4.78, 5) is 0. The minimum Gasteiger partial charge on any atom is -0.207 e. The van der Waals surface area contributed by atoms with Crippen molar-refractivity contribution in [2.24, 2.45) is 0 Å². The molecule has 1 nitrogen and oxygen atoms in total. The Morgan fingerprint density at radius 2 is 2.25 bits per heavy atom. The molecule has 2 rings (SSSR count). The zero-order valence-corrected chi connectivity index (χ0v) is 7.84. The lowest BCUT2D eigenvalue weighted by molar-refractivity contribution is 0.620. The number of fused-ring (bicyclic) bond motifs is 1. The zero-order valence-electron chi connectivity index (χ0n) is 6.27. The summed E-state index contributed by atoms with van der Waals surface area (Å²) in [6.45, 7) is 1.72. The molecule has 0 saturated heterocycles. The number of nitrogens with zero attached hydrogens (tertiary/aromatic N) is 1. The van der Waals surface area contributed by atoms with Gasteiger partial charge in [0, 0.05) is 5.39 Å². The molecule has 1 aromatic heterocycles. The molecule has 0 amide bonds. The topological polar surface area (TPSA) is 12.9 Å². The van der Waals surface area contributed by atoms with Crippen molar-refractivity contribution in [3.8, 4) is 0 Å².